The summed E-state index contributed by atoms with van der Waals surface area (Å²) >= 11 is 0. The van der Waals surface area contributed by atoms with E-state index in [0.29, 0.717) is 31.8 Å². The lowest BCUT2D eigenvalue weighted by atomic mass is 9.99. The Morgan fingerprint density at radius 2 is 2.09 bits per heavy atom. The number of hydrogen-bond acceptors (Lipinski definition) is 2. The van der Waals surface area contributed by atoms with Crippen molar-refractivity contribution >= 4 is 11.8 Å². The average molecular weight is 298 g/mol. The second-order valence-corrected chi connectivity index (χ2v) is 6.04. The van der Waals surface area contributed by atoms with Crippen LogP contribution in [-0.4, -0.2) is 29.8 Å². The average Bonchev–Trinajstić information content (AvgIpc) is 2.95. The molecule has 2 aliphatic rings. The van der Waals surface area contributed by atoms with Crippen LogP contribution in [-0.2, 0) is 9.59 Å². The molecule has 0 spiro atoms. The minimum atomic E-state index is -0.151. The molecule has 0 bridgehead atoms. The first-order chi connectivity index (χ1) is 10.7. The molecular weight excluding hydrogens is 276 g/mol. The predicted molar refractivity (Wildman–Crippen MR) is 85.0 cm³/mol. The van der Waals surface area contributed by atoms with E-state index in [-0.39, 0.29) is 17.9 Å². The van der Waals surface area contributed by atoms with Crippen LogP contribution >= 0.6 is 0 Å². The smallest absolute Gasteiger partial charge is 0.223 e. The van der Waals surface area contributed by atoms with E-state index in [0.717, 1.165) is 18.4 Å². The van der Waals surface area contributed by atoms with Gasteiger partial charge in [0.05, 0.1) is 12.5 Å². The molecule has 1 aliphatic heterocycles. The highest BCUT2D eigenvalue weighted by molar-refractivity contribution is 5.81. The van der Waals surface area contributed by atoms with Gasteiger partial charge in [0.15, 0.2) is 0 Å². The fraction of sp³-hybridized carbons (Fsp3) is 0.444. The zero-order valence-corrected chi connectivity index (χ0v) is 12.7. The van der Waals surface area contributed by atoms with Crippen molar-refractivity contribution in [2.24, 2.45) is 5.92 Å². The molecule has 1 fully saturated rings. The molecule has 1 saturated heterocycles. The standard InChI is InChI=1S/C18H22N2O2/c21-17-13-16(15-8-2-1-3-9-15)20(11-10-19-17)18(22)12-14-6-4-5-7-14/h1-4,6,8-9,14,16H,5,7,10-13H2,(H,19,21)/t14-,16-/m1/s1. The Kier molecular flexibility index (Phi) is 4.56. The van der Waals surface area contributed by atoms with Crippen LogP contribution in [0.5, 0.6) is 0 Å². The molecule has 0 saturated carbocycles. The Morgan fingerprint density at radius 3 is 2.82 bits per heavy atom. The van der Waals surface area contributed by atoms with Gasteiger partial charge in [0, 0.05) is 19.5 Å². The third-order valence-electron chi connectivity index (χ3n) is 4.48. The molecule has 1 aromatic rings. The van der Waals surface area contributed by atoms with Crippen molar-refractivity contribution in [3.8, 4) is 0 Å². The molecule has 4 heteroatoms. The maximum Gasteiger partial charge on any atom is 0.223 e. The van der Waals surface area contributed by atoms with E-state index in [1.165, 1.54) is 0 Å². The van der Waals surface area contributed by atoms with E-state index in [9.17, 15) is 9.59 Å². The third-order valence-corrected chi connectivity index (χ3v) is 4.48. The van der Waals surface area contributed by atoms with Crippen molar-refractivity contribution in [3.05, 3.63) is 48.0 Å². The predicted octanol–water partition coefficient (Wildman–Crippen LogP) is 2.43. The molecule has 3 rings (SSSR count). The van der Waals surface area contributed by atoms with Gasteiger partial charge in [0.25, 0.3) is 0 Å². The lowest BCUT2D eigenvalue weighted by Crippen LogP contribution is -2.37. The maximum atomic E-state index is 12.8. The molecule has 2 amide bonds. The summed E-state index contributed by atoms with van der Waals surface area (Å²) in [5.74, 6) is 0.530. The summed E-state index contributed by atoms with van der Waals surface area (Å²) in [6.07, 6.45) is 7.33. The number of carbonyl (C=O) groups excluding carboxylic acids is 2. The molecule has 1 heterocycles. The molecule has 4 nitrogen and oxygen atoms in total. The van der Waals surface area contributed by atoms with Crippen molar-refractivity contribution in [3.63, 3.8) is 0 Å². The van der Waals surface area contributed by atoms with Crippen LogP contribution in [0.15, 0.2) is 42.5 Å². The van der Waals surface area contributed by atoms with Crippen LogP contribution in [0.1, 0.15) is 37.3 Å². The number of nitrogens with one attached hydrogen (secondary N) is 1. The Bertz CT molecular complexity index is 568. The first kappa shape index (κ1) is 14.8. The number of hydrogen-bond donors (Lipinski definition) is 1. The van der Waals surface area contributed by atoms with Crippen molar-refractivity contribution in [2.75, 3.05) is 13.1 Å². The van der Waals surface area contributed by atoms with E-state index in [1.807, 2.05) is 35.2 Å². The van der Waals surface area contributed by atoms with E-state index < -0.39 is 0 Å². The van der Waals surface area contributed by atoms with Gasteiger partial charge >= 0.3 is 0 Å². The topological polar surface area (TPSA) is 49.4 Å². The van der Waals surface area contributed by atoms with Crippen LogP contribution in [0.2, 0.25) is 0 Å². The minimum Gasteiger partial charge on any atom is -0.354 e. The van der Waals surface area contributed by atoms with E-state index >= 15 is 0 Å². The Morgan fingerprint density at radius 1 is 1.27 bits per heavy atom. The zero-order valence-electron chi connectivity index (χ0n) is 12.7. The summed E-state index contributed by atoms with van der Waals surface area (Å²) in [7, 11) is 0. The van der Waals surface area contributed by atoms with Crippen molar-refractivity contribution in [2.45, 2.75) is 31.7 Å². The van der Waals surface area contributed by atoms with Crippen LogP contribution in [0.4, 0.5) is 0 Å². The molecule has 22 heavy (non-hydrogen) atoms. The van der Waals surface area contributed by atoms with Gasteiger partial charge in [0.1, 0.15) is 0 Å². The molecular formula is C18H22N2O2. The van der Waals surface area contributed by atoms with E-state index in [1.54, 1.807) is 0 Å². The summed E-state index contributed by atoms with van der Waals surface area (Å²) in [6, 6.07) is 9.72. The lowest BCUT2D eigenvalue weighted by molar-refractivity contribution is -0.134. The first-order valence-corrected chi connectivity index (χ1v) is 8.02. The number of benzene rings is 1. The SMILES string of the molecule is O=C1C[C@H](c2ccccc2)N(C(=O)C[C@@H]2C=CCC2)CCN1. The van der Waals surface area contributed by atoms with Crippen molar-refractivity contribution in [1.29, 1.82) is 0 Å². The number of carbonyl (C=O) groups is 2. The zero-order chi connectivity index (χ0) is 15.4. The number of nitrogens with zero attached hydrogens (tertiary/aromatic N) is 1. The summed E-state index contributed by atoms with van der Waals surface area (Å²) in [5, 5.41) is 2.88. The second-order valence-electron chi connectivity index (χ2n) is 6.04. The van der Waals surface area contributed by atoms with Gasteiger partial charge in [-0.05, 0) is 24.3 Å². The monoisotopic (exact) mass is 298 g/mol. The first-order valence-electron chi connectivity index (χ1n) is 8.02. The third kappa shape index (κ3) is 3.38. The van der Waals surface area contributed by atoms with E-state index in [2.05, 4.69) is 17.5 Å². The number of amides is 2. The summed E-state index contributed by atoms with van der Waals surface area (Å²) < 4.78 is 0. The Labute approximate surface area is 131 Å². The highest BCUT2D eigenvalue weighted by atomic mass is 16.2. The second kappa shape index (κ2) is 6.77. The highest BCUT2D eigenvalue weighted by Gasteiger charge is 2.30. The molecule has 1 aromatic carbocycles. The largest absolute Gasteiger partial charge is 0.354 e. The van der Waals surface area contributed by atoms with Crippen LogP contribution < -0.4 is 5.32 Å². The molecule has 0 unspecified atom stereocenters. The summed E-state index contributed by atoms with van der Waals surface area (Å²) in [4.78, 5) is 26.6. The summed E-state index contributed by atoms with van der Waals surface area (Å²) in [5.41, 5.74) is 1.04. The van der Waals surface area contributed by atoms with Crippen LogP contribution in [0, 0.1) is 5.92 Å². The van der Waals surface area contributed by atoms with Gasteiger partial charge < -0.3 is 10.2 Å². The summed E-state index contributed by atoms with van der Waals surface area (Å²) in [6.45, 7) is 1.12. The minimum absolute atomic E-state index is 0.0184. The van der Waals surface area contributed by atoms with Gasteiger partial charge in [0.2, 0.25) is 11.8 Å². The quantitative estimate of drug-likeness (QED) is 0.871. The number of allylic oxidation sites excluding steroid dienone is 2. The Hall–Kier alpha value is -2.10. The lowest BCUT2D eigenvalue weighted by Gasteiger charge is -2.30. The Balaban J connectivity index is 1.79. The highest BCUT2D eigenvalue weighted by Crippen LogP contribution is 2.28. The van der Waals surface area contributed by atoms with E-state index in [4.69, 9.17) is 0 Å². The fourth-order valence-corrected chi connectivity index (χ4v) is 3.31. The van der Waals surface area contributed by atoms with Crippen LogP contribution in [0.25, 0.3) is 0 Å². The molecule has 1 aliphatic carbocycles. The van der Waals surface area contributed by atoms with Gasteiger partial charge in [-0.15, -0.1) is 0 Å². The molecule has 1 N–H and O–H groups in total. The fourth-order valence-electron chi connectivity index (χ4n) is 3.31. The molecule has 116 valence electrons. The van der Waals surface area contributed by atoms with Gasteiger partial charge in [-0.1, -0.05) is 42.5 Å². The van der Waals surface area contributed by atoms with Crippen molar-refractivity contribution in [1.82, 2.24) is 10.2 Å². The normalized spacial score (nSPS) is 24.9. The molecule has 2 atom stereocenters. The van der Waals surface area contributed by atoms with Gasteiger partial charge in [-0.2, -0.15) is 0 Å². The maximum absolute atomic E-state index is 12.8. The van der Waals surface area contributed by atoms with Gasteiger partial charge in [-0.25, -0.2) is 0 Å². The number of rotatable bonds is 3. The van der Waals surface area contributed by atoms with Crippen LogP contribution in [0.3, 0.4) is 0 Å². The molecule has 0 radical (unpaired) electrons. The van der Waals surface area contributed by atoms with Gasteiger partial charge in [-0.3, -0.25) is 9.59 Å². The molecule has 0 aromatic heterocycles. The van der Waals surface area contributed by atoms with Crippen molar-refractivity contribution < 1.29 is 9.59 Å².